The highest BCUT2D eigenvalue weighted by Crippen LogP contribution is 2.39. The molecule has 10 nitrogen and oxygen atoms in total. The summed E-state index contributed by atoms with van der Waals surface area (Å²) in [5.74, 6) is -1.13. The average Bonchev–Trinajstić information content (AvgIpc) is 3.49. The molecule has 2 fully saturated rings. The average molecular weight is 442 g/mol. The first-order valence-corrected chi connectivity index (χ1v) is 10.6. The Morgan fingerprint density at radius 2 is 2.16 bits per heavy atom. The lowest BCUT2D eigenvalue weighted by atomic mass is 9.94. The third-order valence-corrected chi connectivity index (χ3v) is 6.28. The van der Waals surface area contributed by atoms with E-state index in [0.29, 0.717) is 30.2 Å². The summed E-state index contributed by atoms with van der Waals surface area (Å²) in [6.45, 7) is 0.716. The van der Waals surface area contributed by atoms with Crippen molar-refractivity contribution in [2.75, 3.05) is 13.2 Å². The lowest BCUT2D eigenvalue weighted by Crippen LogP contribution is -2.65. The molecule has 1 aromatic heterocycles. The molecule has 2 aliphatic heterocycles. The fourth-order valence-corrected chi connectivity index (χ4v) is 4.68. The van der Waals surface area contributed by atoms with E-state index in [4.69, 9.17) is 4.74 Å². The monoisotopic (exact) mass is 442 g/mol. The summed E-state index contributed by atoms with van der Waals surface area (Å²) in [6, 6.07) is 2.83. The zero-order valence-electron chi connectivity index (χ0n) is 17.3. The van der Waals surface area contributed by atoms with Crippen LogP contribution in [0.1, 0.15) is 31.2 Å². The molecule has 1 saturated heterocycles. The Morgan fingerprint density at radius 1 is 1.34 bits per heavy atom. The maximum Gasteiger partial charge on any atom is 0.259 e. The van der Waals surface area contributed by atoms with Crippen LogP contribution in [0.25, 0.3) is 5.69 Å². The van der Waals surface area contributed by atoms with Gasteiger partial charge in [-0.05, 0) is 43.4 Å². The molecule has 2 N–H and O–H groups in total. The van der Waals surface area contributed by atoms with Crippen LogP contribution in [-0.4, -0.2) is 73.3 Å². The van der Waals surface area contributed by atoms with E-state index in [2.05, 4.69) is 20.4 Å². The Kier molecular flexibility index (Phi) is 5.22. The van der Waals surface area contributed by atoms with E-state index >= 15 is 0 Å². The first kappa shape index (κ1) is 20.7. The molecule has 168 valence electrons. The van der Waals surface area contributed by atoms with Crippen molar-refractivity contribution in [2.45, 2.75) is 50.0 Å². The van der Waals surface area contributed by atoms with Gasteiger partial charge < -0.3 is 15.2 Å². The minimum absolute atomic E-state index is 0.0297. The minimum atomic E-state index is -1.57. The number of ether oxygens (including phenoxy) is 1. The Balaban J connectivity index is 1.39. The van der Waals surface area contributed by atoms with Crippen molar-refractivity contribution in [1.82, 2.24) is 25.0 Å². The number of carbonyl (C=O) groups excluding carboxylic acids is 2. The Hall–Kier alpha value is -3.18. The molecule has 3 aliphatic rings. The Bertz CT molecular complexity index is 1070. The molecule has 2 unspecified atom stereocenters. The van der Waals surface area contributed by atoms with Crippen molar-refractivity contribution in [2.24, 2.45) is 4.99 Å². The van der Waals surface area contributed by atoms with Gasteiger partial charge >= 0.3 is 0 Å². The third-order valence-electron chi connectivity index (χ3n) is 6.28. The van der Waals surface area contributed by atoms with Crippen LogP contribution < -0.4 is 5.32 Å². The number of amides is 2. The van der Waals surface area contributed by atoms with E-state index in [1.54, 1.807) is 0 Å². The molecule has 1 aromatic carbocycles. The molecule has 2 atom stereocenters. The number of aromatic nitrogens is 3. The molecule has 2 aromatic rings. The summed E-state index contributed by atoms with van der Waals surface area (Å²) in [5, 5.41) is 17.3. The molecule has 0 bridgehead atoms. The highest BCUT2D eigenvalue weighted by Gasteiger charge is 2.52. The molecule has 1 aliphatic carbocycles. The standard InChI is InChI=1S/C21H23FN6O4/c22-14-4-3-13(15(9-14)28-12-23-11-25-28)10-24-18(30)16-17(29)19(31)27-7-8-32-21(20(27)26-16)5-1-2-6-21/h3-4,9,11-12,16-17,29H,1-2,5-8,10H2,(H,24,30). The summed E-state index contributed by atoms with van der Waals surface area (Å²) >= 11 is 0. The van der Waals surface area contributed by atoms with Crippen molar-refractivity contribution in [3.8, 4) is 5.69 Å². The fourth-order valence-electron chi connectivity index (χ4n) is 4.68. The molecule has 11 heteroatoms. The van der Waals surface area contributed by atoms with Crippen LogP contribution in [0.4, 0.5) is 4.39 Å². The van der Waals surface area contributed by atoms with E-state index in [-0.39, 0.29) is 6.54 Å². The number of rotatable bonds is 4. The number of aliphatic imine (C=N–C) groups is 1. The van der Waals surface area contributed by atoms with Gasteiger partial charge in [0.2, 0.25) is 5.91 Å². The summed E-state index contributed by atoms with van der Waals surface area (Å²) in [7, 11) is 0. The van der Waals surface area contributed by atoms with Crippen molar-refractivity contribution in [1.29, 1.82) is 0 Å². The van der Waals surface area contributed by atoms with E-state index in [9.17, 15) is 19.1 Å². The molecule has 5 rings (SSSR count). The van der Waals surface area contributed by atoms with E-state index in [1.165, 1.54) is 40.4 Å². The predicted octanol–water partition coefficient (Wildman–Crippen LogP) is 0.336. The summed E-state index contributed by atoms with van der Waals surface area (Å²) in [6.07, 6.45) is 4.55. The van der Waals surface area contributed by atoms with Crippen molar-refractivity contribution in [3.05, 3.63) is 42.2 Å². The number of benzene rings is 1. The zero-order valence-corrected chi connectivity index (χ0v) is 17.3. The van der Waals surface area contributed by atoms with E-state index < -0.39 is 35.4 Å². The largest absolute Gasteiger partial charge is 0.380 e. The zero-order chi connectivity index (χ0) is 22.3. The lowest BCUT2D eigenvalue weighted by Gasteiger charge is -2.45. The Morgan fingerprint density at radius 3 is 2.91 bits per heavy atom. The quantitative estimate of drug-likeness (QED) is 0.704. The molecule has 2 amide bonds. The fraction of sp³-hybridized carbons (Fsp3) is 0.476. The smallest absolute Gasteiger partial charge is 0.259 e. The maximum absolute atomic E-state index is 13.8. The first-order chi connectivity index (χ1) is 15.5. The van der Waals surface area contributed by atoms with Gasteiger partial charge in [-0.1, -0.05) is 6.07 Å². The van der Waals surface area contributed by atoms with Gasteiger partial charge in [0, 0.05) is 6.54 Å². The highest BCUT2D eigenvalue weighted by atomic mass is 19.1. The number of halogens is 1. The van der Waals surface area contributed by atoms with Gasteiger partial charge in [-0.15, -0.1) is 0 Å². The molecular formula is C21H23FN6O4. The molecule has 0 radical (unpaired) electrons. The van der Waals surface area contributed by atoms with Crippen LogP contribution in [0.3, 0.4) is 0 Å². The number of nitrogens with one attached hydrogen (secondary N) is 1. The summed E-state index contributed by atoms with van der Waals surface area (Å²) in [4.78, 5) is 35.7. The first-order valence-electron chi connectivity index (χ1n) is 10.6. The van der Waals surface area contributed by atoms with Crippen LogP contribution in [0, 0.1) is 5.82 Å². The maximum atomic E-state index is 13.8. The summed E-state index contributed by atoms with van der Waals surface area (Å²) < 4.78 is 21.2. The van der Waals surface area contributed by atoms with Gasteiger partial charge in [0.1, 0.15) is 29.9 Å². The van der Waals surface area contributed by atoms with Gasteiger partial charge in [0.05, 0.1) is 18.8 Å². The van der Waals surface area contributed by atoms with Crippen LogP contribution >= 0.6 is 0 Å². The SMILES string of the molecule is O=C(NCc1ccc(F)cc1-n1cncn1)C1N=C2N(CCOC23CCCC3)C(=O)C1O. The van der Waals surface area contributed by atoms with Gasteiger partial charge in [-0.25, -0.2) is 14.1 Å². The second-order valence-electron chi connectivity index (χ2n) is 8.21. The van der Waals surface area contributed by atoms with Crippen molar-refractivity contribution in [3.63, 3.8) is 0 Å². The molecule has 3 heterocycles. The number of hydrogen-bond donors (Lipinski definition) is 2. The number of aliphatic hydroxyl groups is 1. The molecule has 1 spiro atoms. The van der Waals surface area contributed by atoms with Crippen molar-refractivity contribution >= 4 is 17.6 Å². The topological polar surface area (TPSA) is 122 Å². The molecule has 32 heavy (non-hydrogen) atoms. The summed E-state index contributed by atoms with van der Waals surface area (Å²) in [5.41, 5.74) is 0.347. The highest BCUT2D eigenvalue weighted by molar-refractivity contribution is 6.09. The van der Waals surface area contributed by atoms with Gasteiger partial charge in [-0.2, -0.15) is 5.10 Å². The van der Waals surface area contributed by atoms with Crippen LogP contribution in [0.2, 0.25) is 0 Å². The van der Waals surface area contributed by atoms with Crippen molar-refractivity contribution < 1.29 is 23.8 Å². The number of morpholine rings is 1. The molecule has 1 saturated carbocycles. The third kappa shape index (κ3) is 3.47. The number of aliphatic hydroxyl groups excluding tert-OH is 1. The van der Waals surface area contributed by atoms with E-state index in [0.717, 1.165) is 25.7 Å². The molecular weight excluding hydrogens is 419 g/mol. The van der Waals surface area contributed by atoms with Gasteiger partial charge in [0.15, 0.2) is 12.1 Å². The van der Waals surface area contributed by atoms with E-state index in [1.807, 2.05) is 0 Å². The number of nitrogens with zero attached hydrogens (tertiary/aromatic N) is 5. The van der Waals surface area contributed by atoms with Crippen LogP contribution in [-0.2, 0) is 20.9 Å². The minimum Gasteiger partial charge on any atom is -0.380 e. The van der Waals surface area contributed by atoms with Crippen LogP contribution in [0.5, 0.6) is 0 Å². The number of amidine groups is 1. The van der Waals surface area contributed by atoms with Crippen LogP contribution in [0.15, 0.2) is 35.8 Å². The van der Waals surface area contributed by atoms with Gasteiger partial charge in [-0.3, -0.25) is 19.5 Å². The number of fused-ring (bicyclic) bond motifs is 2. The predicted molar refractivity (Wildman–Crippen MR) is 109 cm³/mol. The number of hydrogen-bond acceptors (Lipinski definition) is 7. The number of carbonyl (C=O) groups is 2. The lowest BCUT2D eigenvalue weighted by molar-refractivity contribution is -0.147. The normalized spacial score (nSPS) is 24.4. The Labute approximate surface area is 183 Å². The van der Waals surface area contributed by atoms with Gasteiger partial charge in [0.25, 0.3) is 5.91 Å². The second kappa shape index (κ2) is 8.06. The second-order valence-corrected chi connectivity index (χ2v) is 8.21.